The molecule has 5 heteroatoms. The lowest BCUT2D eigenvalue weighted by atomic mass is 10.00. The molecule has 2 aromatic rings. The molecule has 1 aromatic heterocycles. The molecule has 0 fully saturated rings. The summed E-state index contributed by atoms with van der Waals surface area (Å²) in [6.45, 7) is 4.32. The lowest BCUT2D eigenvalue weighted by molar-refractivity contribution is 0.0946. The first kappa shape index (κ1) is 15.7. The van der Waals surface area contributed by atoms with Crippen LogP contribution in [0.25, 0.3) is 0 Å². The van der Waals surface area contributed by atoms with Gasteiger partial charge in [-0.05, 0) is 41.7 Å². The van der Waals surface area contributed by atoms with Gasteiger partial charge < -0.3 is 14.6 Å². The van der Waals surface area contributed by atoms with Crippen molar-refractivity contribution in [1.29, 1.82) is 0 Å². The van der Waals surface area contributed by atoms with Crippen molar-refractivity contribution in [3.05, 3.63) is 76.7 Å². The van der Waals surface area contributed by atoms with Crippen molar-refractivity contribution >= 4 is 5.91 Å². The van der Waals surface area contributed by atoms with E-state index in [1.54, 1.807) is 6.92 Å². The van der Waals surface area contributed by atoms with Gasteiger partial charge in [-0.3, -0.25) is 4.79 Å². The van der Waals surface area contributed by atoms with Gasteiger partial charge in [0.05, 0.1) is 0 Å². The molecule has 1 N–H and O–H groups in total. The number of benzene rings is 1. The highest BCUT2D eigenvalue weighted by Gasteiger charge is 2.17. The normalized spacial score (nSPS) is 15.9. The molecule has 0 radical (unpaired) electrons. The van der Waals surface area contributed by atoms with Gasteiger partial charge in [0.1, 0.15) is 6.26 Å². The molecule has 0 unspecified atom stereocenters. The van der Waals surface area contributed by atoms with Crippen LogP contribution >= 0.6 is 0 Å². The van der Waals surface area contributed by atoms with Gasteiger partial charge in [0, 0.05) is 32.3 Å². The van der Waals surface area contributed by atoms with E-state index in [1.807, 2.05) is 0 Å². The Balaban J connectivity index is 1.40. The van der Waals surface area contributed by atoms with Gasteiger partial charge in [-0.2, -0.15) is 0 Å². The van der Waals surface area contributed by atoms with Gasteiger partial charge >= 0.3 is 0 Å². The van der Waals surface area contributed by atoms with Crippen LogP contribution in [0, 0.1) is 6.92 Å². The quantitative estimate of drug-likeness (QED) is 0.933. The summed E-state index contributed by atoms with van der Waals surface area (Å²) in [4.78, 5) is 18.6. The van der Waals surface area contributed by atoms with Crippen LogP contribution in [0.3, 0.4) is 0 Å². The molecule has 0 bridgehead atoms. The maximum Gasteiger partial charge on any atom is 0.273 e. The first-order valence-corrected chi connectivity index (χ1v) is 8.63. The molecule has 0 atom stereocenters. The van der Waals surface area contributed by atoms with Crippen molar-refractivity contribution in [1.82, 2.24) is 15.2 Å². The molecular weight excluding hydrogens is 314 g/mol. The molecular formula is C20H21N3O2. The minimum atomic E-state index is -0.207. The number of fused-ring (bicyclic) bond motifs is 1. The third-order valence-corrected chi connectivity index (χ3v) is 4.78. The van der Waals surface area contributed by atoms with Crippen molar-refractivity contribution in [2.75, 3.05) is 13.1 Å². The number of nitrogens with zero attached hydrogens (tertiary/aromatic N) is 2. The Kier molecular flexibility index (Phi) is 4.14. The maximum absolute atomic E-state index is 12.1. The predicted octanol–water partition coefficient (Wildman–Crippen LogP) is 2.77. The number of aromatic nitrogens is 1. The fraction of sp³-hybridized carbons (Fsp3) is 0.300. The van der Waals surface area contributed by atoms with E-state index in [4.69, 9.17) is 4.42 Å². The zero-order chi connectivity index (χ0) is 17.2. The molecule has 2 heterocycles. The molecule has 1 amide bonds. The van der Waals surface area contributed by atoms with Crippen molar-refractivity contribution in [2.45, 2.75) is 26.3 Å². The van der Waals surface area contributed by atoms with Crippen LogP contribution < -0.4 is 5.32 Å². The Hall–Kier alpha value is -2.82. The second-order valence-electron chi connectivity index (χ2n) is 6.48. The van der Waals surface area contributed by atoms with Crippen LogP contribution in [0.15, 0.2) is 52.8 Å². The highest BCUT2D eigenvalue weighted by Crippen LogP contribution is 2.22. The van der Waals surface area contributed by atoms with Crippen LogP contribution in [-0.2, 0) is 19.4 Å². The van der Waals surface area contributed by atoms with Crippen molar-refractivity contribution in [3.63, 3.8) is 0 Å². The van der Waals surface area contributed by atoms with Crippen LogP contribution in [0.5, 0.6) is 0 Å². The SMILES string of the molecule is Cc1nc(C(=O)NCc2ccc3c(c2)CCN(C2=CC=C2)CC3)co1. The standard InChI is InChI=1S/C20H21N3O2/c1-14-22-19(13-25-14)20(24)21-12-15-5-6-16-7-9-23(18-3-2-4-18)10-8-17(16)11-15/h2-6,11,13H,7-10,12H2,1H3,(H,21,24). The van der Waals surface area contributed by atoms with Crippen LogP contribution in [-0.4, -0.2) is 28.9 Å². The van der Waals surface area contributed by atoms with Crippen molar-refractivity contribution < 1.29 is 9.21 Å². The second kappa shape index (κ2) is 6.59. The fourth-order valence-electron chi connectivity index (χ4n) is 3.28. The van der Waals surface area contributed by atoms with Crippen LogP contribution in [0.2, 0.25) is 0 Å². The predicted molar refractivity (Wildman–Crippen MR) is 95.1 cm³/mol. The third-order valence-electron chi connectivity index (χ3n) is 4.78. The first-order chi connectivity index (χ1) is 12.2. The topological polar surface area (TPSA) is 58.4 Å². The number of carbonyl (C=O) groups excluding carboxylic acids is 1. The third kappa shape index (κ3) is 3.36. The molecule has 5 nitrogen and oxygen atoms in total. The number of allylic oxidation sites excluding steroid dienone is 3. The number of nitrogens with one attached hydrogen (secondary N) is 1. The number of hydrogen-bond acceptors (Lipinski definition) is 4. The van der Waals surface area contributed by atoms with Crippen LogP contribution in [0.4, 0.5) is 0 Å². The summed E-state index contributed by atoms with van der Waals surface area (Å²) in [7, 11) is 0. The lowest BCUT2D eigenvalue weighted by Gasteiger charge is -2.26. The Morgan fingerprint density at radius 3 is 2.76 bits per heavy atom. The van der Waals surface area contributed by atoms with Gasteiger partial charge in [-0.25, -0.2) is 4.98 Å². The second-order valence-corrected chi connectivity index (χ2v) is 6.48. The Morgan fingerprint density at radius 2 is 2.08 bits per heavy atom. The number of oxazole rings is 1. The maximum atomic E-state index is 12.1. The molecule has 1 aliphatic carbocycles. The molecule has 4 rings (SSSR count). The molecule has 0 saturated carbocycles. The van der Waals surface area contributed by atoms with E-state index in [-0.39, 0.29) is 5.91 Å². The molecule has 128 valence electrons. The van der Waals surface area contributed by atoms with Crippen molar-refractivity contribution in [2.24, 2.45) is 0 Å². The average molecular weight is 335 g/mol. The highest BCUT2D eigenvalue weighted by molar-refractivity contribution is 5.91. The van der Waals surface area contributed by atoms with Gasteiger partial charge in [-0.1, -0.05) is 24.3 Å². The minimum absolute atomic E-state index is 0.207. The monoisotopic (exact) mass is 335 g/mol. The largest absolute Gasteiger partial charge is 0.448 e. The van der Waals surface area contributed by atoms with E-state index >= 15 is 0 Å². The smallest absolute Gasteiger partial charge is 0.273 e. The van der Waals surface area contributed by atoms with Gasteiger partial charge in [0.25, 0.3) is 5.91 Å². The Morgan fingerprint density at radius 1 is 1.28 bits per heavy atom. The summed E-state index contributed by atoms with van der Waals surface area (Å²) >= 11 is 0. The molecule has 0 spiro atoms. The number of hydrogen-bond donors (Lipinski definition) is 1. The molecule has 0 saturated heterocycles. The van der Waals surface area contributed by atoms with Gasteiger partial charge in [-0.15, -0.1) is 0 Å². The van der Waals surface area contributed by atoms with E-state index in [0.717, 1.165) is 31.5 Å². The molecule has 1 aliphatic heterocycles. The summed E-state index contributed by atoms with van der Waals surface area (Å²) in [5.41, 5.74) is 5.57. The Bertz CT molecular complexity index is 864. The van der Waals surface area contributed by atoms with E-state index in [2.05, 4.69) is 51.6 Å². The molecule has 2 aliphatic rings. The van der Waals surface area contributed by atoms with E-state index in [0.29, 0.717) is 18.1 Å². The van der Waals surface area contributed by atoms with E-state index in [1.165, 1.54) is 23.1 Å². The fourth-order valence-corrected chi connectivity index (χ4v) is 3.28. The zero-order valence-electron chi connectivity index (χ0n) is 14.3. The van der Waals surface area contributed by atoms with E-state index < -0.39 is 0 Å². The van der Waals surface area contributed by atoms with Gasteiger partial charge in [0.15, 0.2) is 11.6 Å². The van der Waals surface area contributed by atoms with Crippen molar-refractivity contribution in [3.8, 4) is 0 Å². The highest BCUT2D eigenvalue weighted by atomic mass is 16.3. The number of rotatable bonds is 4. The number of amides is 1. The minimum Gasteiger partial charge on any atom is -0.448 e. The summed E-state index contributed by atoms with van der Waals surface area (Å²) in [5, 5.41) is 2.91. The summed E-state index contributed by atoms with van der Waals surface area (Å²) in [5.74, 6) is 0.290. The lowest BCUT2D eigenvalue weighted by Crippen LogP contribution is -2.26. The first-order valence-electron chi connectivity index (χ1n) is 8.63. The average Bonchev–Trinajstić information content (AvgIpc) is 2.90. The molecule has 25 heavy (non-hydrogen) atoms. The molecule has 1 aromatic carbocycles. The number of aryl methyl sites for hydroxylation is 1. The van der Waals surface area contributed by atoms with Gasteiger partial charge in [0.2, 0.25) is 0 Å². The Labute approximate surface area is 147 Å². The zero-order valence-corrected chi connectivity index (χ0v) is 14.3. The van der Waals surface area contributed by atoms with E-state index in [9.17, 15) is 4.79 Å². The number of carbonyl (C=O) groups is 1. The summed E-state index contributed by atoms with van der Waals surface area (Å²) in [6.07, 6.45) is 9.91. The summed E-state index contributed by atoms with van der Waals surface area (Å²) < 4.78 is 5.08. The van der Waals surface area contributed by atoms with Crippen LogP contribution in [0.1, 0.15) is 33.1 Å². The summed E-state index contributed by atoms with van der Waals surface area (Å²) in [6, 6.07) is 6.52.